The van der Waals surface area contributed by atoms with E-state index in [-0.39, 0.29) is 17.0 Å². The van der Waals surface area contributed by atoms with E-state index >= 15 is 0 Å². The Hall–Kier alpha value is -1.43. The van der Waals surface area contributed by atoms with Gasteiger partial charge in [0.1, 0.15) is 0 Å². The second kappa shape index (κ2) is 8.30. The van der Waals surface area contributed by atoms with Crippen molar-refractivity contribution in [1.29, 1.82) is 0 Å². The fourth-order valence-corrected chi connectivity index (χ4v) is 9.59. The van der Waals surface area contributed by atoms with Crippen LogP contribution in [-0.4, -0.2) is 5.66 Å². The van der Waals surface area contributed by atoms with E-state index in [0.29, 0.717) is 0 Å². The first kappa shape index (κ1) is 18.4. The minimum Gasteiger partial charge on any atom is -0.114 e. The summed E-state index contributed by atoms with van der Waals surface area (Å²) in [6, 6.07) is 33.9. The van der Waals surface area contributed by atoms with Crippen LogP contribution in [0.25, 0.3) is 0 Å². The van der Waals surface area contributed by atoms with Crippen molar-refractivity contribution in [2.75, 3.05) is 0 Å². The molecular weight excluding hydrogens is 387 g/mol. The maximum atomic E-state index is 2.37. The first-order valence-electron chi connectivity index (χ1n) is 8.98. The van der Waals surface area contributed by atoms with Crippen LogP contribution >= 0.6 is 24.2 Å². The van der Waals surface area contributed by atoms with Crippen molar-refractivity contribution in [2.45, 2.75) is 31.3 Å². The van der Waals surface area contributed by atoms with Gasteiger partial charge in [-0.15, -0.1) is 17.0 Å². The van der Waals surface area contributed by atoms with Crippen LogP contribution in [0.1, 0.15) is 25.7 Å². The van der Waals surface area contributed by atoms with Crippen LogP contribution in [0.4, 0.5) is 0 Å². The fraction of sp³-hybridized carbons (Fsp3) is 0.217. The van der Waals surface area contributed by atoms with Crippen molar-refractivity contribution in [3.63, 3.8) is 0 Å². The Morgan fingerprint density at radius 2 is 0.840 bits per heavy atom. The van der Waals surface area contributed by atoms with Gasteiger partial charge in [0.15, 0.2) is 0 Å². The van der Waals surface area contributed by atoms with Crippen LogP contribution in [0.5, 0.6) is 0 Å². The summed E-state index contributed by atoms with van der Waals surface area (Å²) in [5, 5.41) is 4.61. The average molecular weight is 412 g/mol. The minimum atomic E-state index is -1.60. The molecule has 0 heterocycles. The summed E-state index contributed by atoms with van der Waals surface area (Å²) >= 11 is 0. The van der Waals surface area contributed by atoms with E-state index in [0.717, 1.165) is 5.66 Å². The maximum absolute atomic E-state index is 2.37. The molecule has 1 aliphatic carbocycles. The lowest BCUT2D eigenvalue weighted by molar-refractivity contribution is 0.886. The zero-order valence-corrected chi connectivity index (χ0v) is 17.0. The molecule has 129 valence electrons. The zero-order valence-electron chi connectivity index (χ0n) is 14.4. The minimum absolute atomic E-state index is 0. The number of rotatable bonds is 4. The smallest absolute Gasteiger partial charge is 0.0130 e. The summed E-state index contributed by atoms with van der Waals surface area (Å²) in [7, 11) is -1.60. The van der Waals surface area contributed by atoms with Crippen LogP contribution in [0.15, 0.2) is 91.0 Å². The summed E-state index contributed by atoms with van der Waals surface area (Å²) in [5.41, 5.74) is 0.768. The highest BCUT2D eigenvalue weighted by Gasteiger charge is 2.42. The molecule has 1 aliphatic rings. The lowest BCUT2D eigenvalue weighted by Gasteiger charge is -2.43. The van der Waals surface area contributed by atoms with Crippen LogP contribution in [0.3, 0.4) is 0 Å². The number of hydrogen-bond acceptors (Lipinski definition) is 0. The highest BCUT2D eigenvalue weighted by atomic mass is 79.9. The molecule has 1 fully saturated rings. The molecule has 0 aliphatic heterocycles. The van der Waals surface area contributed by atoms with Crippen molar-refractivity contribution in [1.82, 2.24) is 0 Å². The highest BCUT2D eigenvalue weighted by Crippen LogP contribution is 2.63. The number of hydrogen-bond donors (Lipinski definition) is 0. The van der Waals surface area contributed by atoms with E-state index in [1.54, 1.807) is 0 Å². The molecule has 0 nitrogen and oxygen atoms in total. The van der Waals surface area contributed by atoms with Gasteiger partial charge in [-0.25, -0.2) is 0 Å². The molecule has 0 N–H and O–H groups in total. The third-order valence-electron chi connectivity index (χ3n) is 5.36. The van der Waals surface area contributed by atoms with Crippen LogP contribution in [0, 0.1) is 0 Å². The van der Waals surface area contributed by atoms with Crippen LogP contribution in [0.2, 0.25) is 0 Å². The lowest BCUT2D eigenvalue weighted by Crippen LogP contribution is -2.37. The standard InChI is InChI=1S/C23H24P.BrH/c1-4-12-20(13-5-1)24(23-18-10-11-19-23,21-14-6-2-7-15-21)22-16-8-3-9-17-22;/h1-9,12-17,23H,10-11,18-19H2;1H. The summed E-state index contributed by atoms with van der Waals surface area (Å²) in [6.07, 6.45) is 5.46. The Balaban J connectivity index is 0.00000182. The summed E-state index contributed by atoms with van der Waals surface area (Å²) in [4.78, 5) is 0. The molecule has 4 rings (SSSR count). The Bertz CT molecular complexity index is 668. The monoisotopic (exact) mass is 411 g/mol. The zero-order chi connectivity index (χ0) is 16.2. The molecular formula is C23H25BrP. The highest BCUT2D eigenvalue weighted by molar-refractivity contribution is 8.93. The molecule has 0 amide bonds. The van der Waals surface area contributed by atoms with Crippen molar-refractivity contribution < 1.29 is 0 Å². The third-order valence-corrected chi connectivity index (χ3v) is 10.3. The molecule has 0 aromatic heterocycles. The molecule has 25 heavy (non-hydrogen) atoms. The molecule has 3 aromatic rings. The second-order valence-electron chi connectivity index (χ2n) is 6.67. The van der Waals surface area contributed by atoms with Gasteiger partial charge in [-0.1, -0.05) is 104 Å². The maximum Gasteiger partial charge on any atom is -0.0130 e. The van der Waals surface area contributed by atoms with E-state index < -0.39 is 7.26 Å². The van der Waals surface area contributed by atoms with Gasteiger partial charge in [0.2, 0.25) is 0 Å². The molecule has 1 saturated carbocycles. The van der Waals surface area contributed by atoms with Gasteiger partial charge in [-0.3, -0.25) is 0 Å². The molecule has 2 heteroatoms. The lowest BCUT2D eigenvalue weighted by atomic mass is 10.3. The van der Waals surface area contributed by atoms with Gasteiger partial charge in [0.25, 0.3) is 0 Å². The Morgan fingerprint density at radius 3 is 1.16 bits per heavy atom. The van der Waals surface area contributed by atoms with Crippen molar-refractivity contribution in [3.8, 4) is 0 Å². The Labute approximate surface area is 162 Å². The van der Waals surface area contributed by atoms with Gasteiger partial charge in [-0.2, -0.15) is 0 Å². The predicted octanol–water partition coefficient (Wildman–Crippen LogP) is 5.50. The van der Waals surface area contributed by atoms with Crippen LogP contribution in [-0.2, 0) is 0 Å². The summed E-state index contributed by atoms with van der Waals surface area (Å²) < 4.78 is 0. The SMILES string of the molecule is Br.c1ccc([P](c2ccccc2)(c2ccccc2)C2CCCC2)cc1. The van der Waals surface area contributed by atoms with E-state index in [2.05, 4.69) is 91.0 Å². The average Bonchev–Trinajstić information content (AvgIpc) is 3.20. The second-order valence-corrected chi connectivity index (χ2v) is 10.4. The Morgan fingerprint density at radius 1 is 0.520 bits per heavy atom. The van der Waals surface area contributed by atoms with E-state index in [9.17, 15) is 0 Å². The molecule has 0 bridgehead atoms. The van der Waals surface area contributed by atoms with Gasteiger partial charge in [0, 0.05) is 0 Å². The summed E-state index contributed by atoms with van der Waals surface area (Å²) in [6.45, 7) is 0. The molecule has 0 spiro atoms. The number of halogens is 1. The largest absolute Gasteiger partial charge is 0.114 e. The fourth-order valence-electron chi connectivity index (χ4n) is 4.36. The molecule has 0 unspecified atom stereocenters. The van der Waals surface area contributed by atoms with Gasteiger partial charge in [0.05, 0.1) is 0 Å². The molecule has 1 radical (unpaired) electrons. The van der Waals surface area contributed by atoms with E-state index in [1.165, 1.54) is 41.6 Å². The van der Waals surface area contributed by atoms with Gasteiger partial charge >= 0.3 is 0 Å². The van der Waals surface area contributed by atoms with Crippen molar-refractivity contribution >= 4 is 40.2 Å². The first-order chi connectivity index (χ1) is 11.9. The summed E-state index contributed by atoms with van der Waals surface area (Å²) in [5.74, 6) is 0. The van der Waals surface area contributed by atoms with E-state index in [1.807, 2.05) is 0 Å². The Kier molecular flexibility index (Phi) is 6.10. The van der Waals surface area contributed by atoms with Crippen molar-refractivity contribution in [3.05, 3.63) is 91.0 Å². The molecule has 0 saturated heterocycles. The van der Waals surface area contributed by atoms with Gasteiger partial charge in [-0.05, 0) is 41.7 Å². The van der Waals surface area contributed by atoms with Gasteiger partial charge < -0.3 is 0 Å². The number of benzene rings is 3. The first-order valence-corrected chi connectivity index (χ1v) is 10.8. The third kappa shape index (κ3) is 3.33. The molecule has 0 atom stereocenters. The predicted molar refractivity (Wildman–Crippen MR) is 118 cm³/mol. The topological polar surface area (TPSA) is 0 Å². The molecule has 3 aromatic carbocycles. The normalized spacial score (nSPS) is 14.9. The van der Waals surface area contributed by atoms with Crippen molar-refractivity contribution in [2.24, 2.45) is 0 Å². The van der Waals surface area contributed by atoms with E-state index in [4.69, 9.17) is 0 Å². The van der Waals surface area contributed by atoms with Crippen LogP contribution < -0.4 is 15.9 Å². The quantitative estimate of drug-likeness (QED) is 0.497.